The van der Waals surface area contributed by atoms with Crippen LogP contribution in [0.5, 0.6) is 0 Å². The Morgan fingerprint density at radius 1 is 1.73 bits per heavy atom. The molecule has 0 amide bonds. The summed E-state index contributed by atoms with van der Waals surface area (Å²) >= 11 is 8.55. The van der Waals surface area contributed by atoms with Gasteiger partial charge in [0.15, 0.2) is 9.91 Å². The van der Waals surface area contributed by atoms with Crippen molar-refractivity contribution in [3.63, 3.8) is 0 Å². The topological polar surface area (TPSA) is 29.3 Å². The average molecular weight is 261 g/mol. The smallest absolute Gasteiger partial charge is 0.195 e. The Balaban J connectivity index is 2.40. The molecule has 1 heterocycles. The van der Waals surface area contributed by atoms with Crippen molar-refractivity contribution >= 4 is 40.4 Å². The molecule has 0 aliphatic carbocycles. The second-order valence-corrected chi connectivity index (χ2v) is 5.23. The van der Waals surface area contributed by atoms with E-state index in [1.165, 1.54) is 0 Å². The Hall–Kier alpha value is -0.330. The largest absolute Gasteiger partial charge is 0.361 e. The second kappa shape index (κ2) is 7.03. The minimum absolute atomic E-state index is 0.578. The normalized spacial score (nSPS) is 11.7. The van der Waals surface area contributed by atoms with Crippen LogP contribution >= 0.6 is 35.3 Å². The quantitative estimate of drug-likeness (QED) is 0.660. The van der Waals surface area contributed by atoms with E-state index in [0.717, 1.165) is 23.5 Å². The molecule has 1 aromatic rings. The van der Waals surface area contributed by atoms with Crippen LogP contribution in [0.3, 0.4) is 0 Å². The van der Waals surface area contributed by atoms with Crippen LogP contribution in [0.4, 0.5) is 0 Å². The van der Waals surface area contributed by atoms with Gasteiger partial charge in [-0.2, -0.15) is 16.8 Å². The fourth-order valence-electron chi connectivity index (χ4n) is 0.973. The summed E-state index contributed by atoms with van der Waals surface area (Å²) in [5, 5.41) is 5.70. The van der Waals surface area contributed by atoms with E-state index < -0.39 is 0 Å². The summed E-state index contributed by atoms with van der Waals surface area (Å²) in [6.45, 7) is 0.901. The Labute approximate surface area is 104 Å². The maximum absolute atomic E-state index is 5.12. The first-order valence-electron chi connectivity index (χ1n) is 4.65. The molecule has 0 atom stereocenters. The minimum Gasteiger partial charge on any atom is -0.361 e. The van der Waals surface area contributed by atoms with Gasteiger partial charge >= 0.3 is 0 Å². The van der Waals surface area contributed by atoms with Crippen molar-refractivity contribution < 1.29 is 0 Å². The lowest BCUT2D eigenvalue weighted by molar-refractivity contribution is 0.838. The molecule has 0 unspecified atom stereocenters. The molecule has 1 aromatic heterocycles. The van der Waals surface area contributed by atoms with E-state index in [9.17, 15) is 0 Å². The summed E-state index contributed by atoms with van der Waals surface area (Å²) in [4.78, 5) is 5.24. The summed E-state index contributed by atoms with van der Waals surface area (Å²) < 4.78 is 1.96. The van der Waals surface area contributed by atoms with E-state index in [2.05, 4.69) is 16.6 Å². The fourth-order valence-corrected chi connectivity index (χ4v) is 2.39. The van der Waals surface area contributed by atoms with Gasteiger partial charge in [0.1, 0.15) is 0 Å². The molecule has 0 spiro atoms. The lowest BCUT2D eigenvalue weighted by Crippen LogP contribution is -2.24. The second-order valence-electron chi connectivity index (χ2n) is 2.99. The van der Waals surface area contributed by atoms with Gasteiger partial charge in [-0.3, -0.25) is 0 Å². The average Bonchev–Trinajstić information content (AvgIpc) is 2.59. The molecule has 0 aliphatic heterocycles. The number of aryl methyl sites for hydroxylation is 1. The Morgan fingerprint density at radius 3 is 3.13 bits per heavy atom. The number of thiazole rings is 1. The molecule has 0 aliphatic rings. The third kappa shape index (κ3) is 4.81. The van der Waals surface area contributed by atoms with Crippen molar-refractivity contribution in [2.45, 2.75) is 6.42 Å². The van der Waals surface area contributed by atoms with Gasteiger partial charge in [-0.25, -0.2) is 0 Å². The van der Waals surface area contributed by atoms with Crippen molar-refractivity contribution in [3.8, 4) is 0 Å². The van der Waals surface area contributed by atoms with Gasteiger partial charge in [0.05, 0.1) is 0 Å². The fraction of sp³-hybridized carbons (Fsp3) is 0.556. The van der Waals surface area contributed by atoms with Crippen LogP contribution in [0.15, 0.2) is 16.6 Å². The third-order valence-electron chi connectivity index (χ3n) is 1.76. The van der Waals surface area contributed by atoms with Crippen LogP contribution in [-0.2, 0) is 7.05 Å². The van der Waals surface area contributed by atoms with E-state index in [1.54, 1.807) is 11.3 Å². The van der Waals surface area contributed by atoms with Gasteiger partial charge in [0, 0.05) is 25.2 Å². The van der Waals surface area contributed by atoms with E-state index >= 15 is 0 Å². The number of thioether (sulfide) groups is 1. The molecule has 3 nitrogen and oxygen atoms in total. The Morgan fingerprint density at radius 2 is 2.53 bits per heavy atom. The SMILES string of the molecule is CSCCCNC(=S)N=c1sccn1C. The first-order chi connectivity index (χ1) is 7.24. The number of nitrogens with one attached hydrogen (secondary N) is 1. The standard InChI is InChI=1S/C9H15N3S3/c1-12-5-7-15-9(12)11-8(13)10-4-3-6-14-2/h5,7H,3-4,6H2,1-2H3,(H,10,13). The summed E-state index contributed by atoms with van der Waals surface area (Å²) in [6, 6.07) is 0. The molecular formula is C9H15N3S3. The molecule has 1 N–H and O–H groups in total. The summed E-state index contributed by atoms with van der Waals surface area (Å²) in [7, 11) is 1.96. The zero-order valence-electron chi connectivity index (χ0n) is 8.90. The number of thiocarbonyl (C=S) groups is 1. The number of nitrogens with zero attached hydrogens (tertiary/aromatic N) is 2. The zero-order valence-corrected chi connectivity index (χ0v) is 11.3. The molecule has 0 aromatic carbocycles. The van der Waals surface area contributed by atoms with Gasteiger partial charge in [-0.15, -0.1) is 11.3 Å². The van der Waals surface area contributed by atoms with Gasteiger partial charge in [0.25, 0.3) is 0 Å². The highest BCUT2D eigenvalue weighted by atomic mass is 32.2. The monoisotopic (exact) mass is 261 g/mol. The molecular weight excluding hydrogens is 246 g/mol. The third-order valence-corrected chi connectivity index (χ3v) is 3.54. The molecule has 0 saturated heterocycles. The molecule has 0 fully saturated rings. The van der Waals surface area contributed by atoms with Crippen molar-refractivity contribution in [1.82, 2.24) is 9.88 Å². The predicted molar refractivity (Wildman–Crippen MR) is 72.5 cm³/mol. The first-order valence-corrected chi connectivity index (χ1v) is 7.34. The predicted octanol–water partition coefficient (Wildman–Crippen LogP) is 1.61. The molecule has 6 heteroatoms. The van der Waals surface area contributed by atoms with E-state index in [1.807, 2.05) is 35.0 Å². The van der Waals surface area contributed by atoms with Crippen LogP contribution in [-0.4, -0.2) is 28.2 Å². The highest BCUT2D eigenvalue weighted by Crippen LogP contribution is 1.93. The number of hydrogen-bond donors (Lipinski definition) is 1. The van der Waals surface area contributed by atoms with Crippen LogP contribution in [0.1, 0.15) is 6.42 Å². The molecule has 15 heavy (non-hydrogen) atoms. The number of aromatic nitrogens is 1. The van der Waals surface area contributed by atoms with Crippen molar-refractivity contribution in [1.29, 1.82) is 0 Å². The van der Waals surface area contributed by atoms with Crippen molar-refractivity contribution in [2.75, 3.05) is 18.6 Å². The molecule has 84 valence electrons. The maximum Gasteiger partial charge on any atom is 0.195 e. The lowest BCUT2D eigenvalue weighted by Gasteiger charge is -2.01. The van der Waals surface area contributed by atoms with E-state index in [4.69, 9.17) is 12.2 Å². The van der Waals surface area contributed by atoms with Gasteiger partial charge in [-0.1, -0.05) is 0 Å². The van der Waals surface area contributed by atoms with Crippen molar-refractivity contribution in [3.05, 3.63) is 16.4 Å². The highest BCUT2D eigenvalue weighted by Gasteiger charge is 1.93. The molecule has 0 saturated carbocycles. The number of rotatable bonds is 4. The van der Waals surface area contributed by atoms with Crippen molar-refractivity contribution in [2.24, 2.45) is 12.0 Å². The van der Waals surface area contributed by atoms with E-state index in [-0.39, 0.29) is 0 Å². The minimum atomic E-state index is 0.578. The summed E-state index contributed by atoms with van der Waals surface area (Å²) in [5.41, 5.74) is 0. The van der Waals surface area contributed by atoms with Gasteiger partial charge < -0.3 is 9.88 Å². The van der Waals surface area contributed by atoms with Gasteiger partial charge in [-0.05, 0) is 30.6 Å². The van der Waals surface area contributed by atoms with Crippen LogP contribution in [0.25, 0.3) is 0 Å². The van der Waals surface area contributed by atoms with Crippen LogP contribution in [0.2, 0.25) is 0 Å². The summed E-state index contributed by atoms with van der Waals surface area (Å²) in [6.07, 6.45) is 5.20. The van der Waals surface area contributed by atoms with Crippen LogP contribution in [0, 0.1) is 0 Å². The van der Waals surface area contributed by atoms with Crippen LogP contribution < -0.4 is 10.1 Å². The number of hydrogen-bond acceptors (Lipinski definition) is 3. The van der Waals surface area contributed by atoms with E-state index in [0.29, 0.717) is 5.11 Å². The lowest BCUT2D eigenvalue weighted by atomic mass is 10.5. The summed E-state index contributed by atoms with van der Waals surface area (Å²) in [5.74, 6) is 1.16. The van der Waals surface area contributed by atoms with Gasteiger partial charge in [0.2, 0.25) is 0 Å². The molecule has 0 bridgehead atoms. The molecule has 0 radical (unpaired) electrons. The maximum atomic E-state index is 5.12. The zero-order chi connectivity index (χ0) is 11.1. The molecule has 1 rings (SSSR count). The highest BCUT2D eigenvalue weighted by molar-refractivity contribution is 7.98. The first kappa shape index (κ1) is 12.7. The Kier molecular flexibility index (Phi) is 5.97. The Bertz CT molecular complexity index is 367.